The van der Waals surface area contributed by atoms with E-state index >= 15 is 0 Å². The van der Waals surface area contributed by atoms with Crippen LogP contribution in [0.1, 0.15) is 53.4 Å². The van der Waals surface area contributed by atoms with Crippen LogP contribution in [0, 0.1) is 23.7 Å². The van der Waals surface area contributed by atoms with Crippen molar-refractivity contribution >= 4 is 0 Å². The second-order valence-corrected chi connectivity index (χ2v) is 5.85. The second-order valence-electron chi connectivity index (χ2n) is 5.85. The molecule has 0 spiro atoms. The molecule has 0 bridgehead atoms. The van der Waals surface area contributed by atoms with Crippen LogP contribution < -0.4 is 5.73 Å². The lowest BCUT2D eigenvalue weighted by molar-refractivity contribution is 0.353. The number of hydrogen-bond acceptors (Lipinski definition) is 1. The smallest absolute Gasteiger partial charge is 0.00736 e. The molecule has 84 valence electrons. The van der Waals surface area contributed by atoms with Crippen LogP contribution in [0.4, 0.5) is 0 Å². The van der Waals surface area contributed by atoms with E-state index in [4.69, 9.17) is 5.73 Å². The van der Waals surface area contributed by atoms with Crippen molar-refractivity contribution in [2.24, 2.45) is 29.4 Å². The molecular formula is C13H27N. The number of hydrogen-bond donors (Lipinski definition) is 1. The summed E-state index contributed by atoms with van der Waals surface area (Å²) in [4.78, 5) is 0. The topological polar surface area (TPSA) is 26.0 Å². The summed E-state index contributed by atoms with van der Waals surface area (Å²) in [5.74, 6) is 3.46. The van der Waals surface area contributed by atoms with Crippen LogP contribution in [0.2, 0.25) is 0 Å². The first-order valence-electron chi connectivity index (χ1n) is 6.26. The average Bonchev–Trinajstić information content (AvgIpc) is 2.77. The van der Waals surface area contributed by atoms with Crippen molar-refractivity contribution in [2.45, 2.75) is 59.4 Å². The van der Waals surface area contributed by atoms with Crippen molar-refractivity contribution < 1.29 is 0 Å². The summed E-state index contributed by atoms with van der Waals surface area (Å²) in [6.45, 7) is 9.40. The highest BCUT2D eigenvalue weighted by atomic mass is 14.7. The van der Waals surface area contributed by atoms with Gasteiger partial charge < -0.3 is 5.73 Å². The fourth-order valence-corrected chi connectivity index (χ4v) is 2.57. The second kappa shape index (κ2) is 5.16. The van der Waals surface area contributed by atoms with Crippen molar-refractivity contribution in [2.75, 3.05) is 0 Å². The molecule has 1 heteroatoms. The summed E-state index contributed by atoms with van der Waals surface area (Å²) in [6, 6.07) is 0.533. The zero-order valence-corrected chi connectivity index (χ0v) is 10.3. The monoisotopic (exact) mass is 197 g/mol. The lowest BCUT2D eigenvalue weighted by Crippen LogP contribution is -2.10. The van der Waals surface area contributed by atoms with E-state index < -0.39 is 0 Å². The third-order valence-corrected chi connectivity index (χ3v) is 3.61. The Morgan fingerprint density at radius 1 is 1.14 bits per heavy atom. The molecule has 14 heavy (non-hydrogen) atoms. The van der Waals surface area contributed by atoms with Gasteiger partial charge in [0.2, 0.25) is 0 Å². The fraction of sp³-hybridized carbons (Fsp3) is 1.00. The average molecular weight is 197 g/mol. The number of nitrogens with two attached hydrogens (primary N) is 1. The lowest BCUT2D eigenvalue weighted by atomic mass is 9.90. The molecule has 0 saturated heterocycles. The summed E-state index contributed by atoms with van der Waals surface area (Å²) in [5, 5.41) is 0. The van der Waals surface area contributed by atoms with Crippen LogP contribution >= 0.6 is 0 Å². The van der Waals surface area contributed by atoms with Gasteiger partial charge >= 0.3 is 0 Å². The highest BCUT2D eigenvalue weighted by molar-refractivity contribution is 4.93. The molecule has 1 aliphatic rings. The van der Waals surface area contributed by atoms with E-state index in [0.29, 0.717) is 6.04 Å². The molecule has 1 aliphatic carbocycles. The minimum atomic E-state index is 0.533. The van der Waals surface area contributed by atoms with Gasteiger partial charge in [-0.3, -0.25) is 0 Å². The SMILES string of the molecule is CC(C)C[C@H](C)CC[C@H](C)C1C[C@H]1N. The van der Waals surface area contributed by atoms with E-state index in [1.807, 2.05) is 0 Å². The molecule has 1 saturated carbocycles. The Labute approximate surface area is 89.5 Å². The Balaban J connectivity index is 2.07. The van der Waals surface area contributed by atoms with Gasteiger partial charge in [0.15, 0.2) is 0 Å². The molecule has 1 fully saturated rings. The molecule has 1 unspecified atom stereocenters. The summed E-state index contributed by atoms with van der Waals surface area (Å²) >= 11 is 0. The molecule has 0 aliphatic heterocycles. The van der Waals surface area contributed by atoms with Gasteiger partial charge in [0.1, 0.15) is 0 Å². The van der Waals surface area contributed by atoms with E-state index in [2.05, 4.69) is 27.7 Å². The quantitative estimate of drug-likeness (QED) is 0.693. The number of rotatable bonds is 6. The molecule has 1 nitrogen and oxygen atoms in total. The van der Waals surface area contributed by atoms with Gasteiger partial charge in [-0.15, -0.1) is 0 Å². The highest BCUT2D eigenvalue weighted by Gasteiger charge is 2.37. The predicted molar refractivity (Wildman–Crippen MR) is 63.1 cm³/mol. The van der Waals surface area contributed by atoms with Gasteiger partial charge in [-0.25, -0.2) is 0 Å². The third kappa shape index (κ3) is 4.00. The Hall–Kier alpha value is -0.0400. The summed E-state index contributed by atoms with van der Waals surface area (Å²) < 4.78 is 0. The normalized spacial score (nSPS) is 30.4. The molecule has 0 aromatic heterocycles. The molecule has 4 atom stereocenters. The van der Waals surface area contributed by atoms with Gasteiger partial charge in [-0.2, -0.15) is 0 Å². The lowest BCUT2D eigenvalue weighted by Gasteiger charge is -2.16. The van der Waals surface area contributed by atoms with E-state index in [-0.39, 0.29) is 0 Å². The van der Waals surface area contributed by atoms with Crippen LogP contribution in [0.25, 0.3) is 0 Å². The molecule has 2 N–H and O–H groups in total. The van der Waals surface area contributed by atoms with E-state index in [1.54, 1.807) is 0 Å². The molecule has 0 aromatic carbocycles. The standard InChI is InChI=1S/C13H27N/c1-9(2)7-10(3)5-6-11(4)12-8-13(12)14/h9-13H,5-8,14H2,1-4H3/t10-,11+,12?,13-/m1/s1. The van der Waals surface area contributed by atoms with Gasteiger partial charge in [-0.05, 0) is 36.5 Å². The molecule has 0 radical (unpaired) electrons. The Morgan fingerprint density at radius 2 is 1.71 bits per heavy atom. The molecule has 0 heterocycles. The Bertz CT molecular complexity index is 165. The van der Waals surface area contributed by atoms with Crippen LogP contribution in [0.3, 0.4) is 0 Å². The van der Waals surface area contributed by atoms with Crippen molar-refractivity contribution in [3.8, 4) is 0 Å². The summed E-state index contributed by atoms with van der Waals surface area (Å²) in [6.07, 6.45) is 5.43. The van der Waals surface area contributed by atoms with E-state index in [0.717, 1.165) is 23.7 Å². The van der Waals surface area contributed by atoms with E-state index in [9.17, 15) is 0 Å². The largest absolute Gasteiger partial charge is 0.327 e. The minimum Gasteiger partial charge on any atom is -0.327 e. The van der Waals surface area contributed by atoms with Gasteiger partial charge in [0.05, 0.1) is 0 Å². The first kappa shape index (κ1) is 12.0. The maximum atomic E-state index is 5.85. The van der Waals surface area contributed by atoms with Crippen LogP contribution in [-0.2, 0) is 0 Å². The van der Waals surface area contributed by atoms with Crippen LogP contribution in [0.5, 0.6) is 0 Å². The first-order valence-corrected chi connectivity index (χ1v) is 6.26. The minimum absolute atomic E-state index is 0.533. The first-order chi connectivity index (χ1) is 6.50. The van der Waals surface area contributed by atoms with Crippen molar-refractivity contribution in [3.63, 3.8) is 0 Å². The predicted octanol–water partition coefficient (Wildman–Crippen LogP) is 3.43. The third-order valence-electron chi connectivity index (χ3n) is 3.61. The Kier molecular flexibility index (Phi) is 4.43. The zero-order valence-electron chi connectivity index (χ0n) is 10.3. The van der Waals surface area contributed by atoms with Crippen molar-refractivity contribution in [1.29, 1.82) is 0 Å². The fourth-order valence-electron chi connectivity index (χ4n) is 2.57. The maximum absolute atomic E-state index is 5.85. The van der Waals surface area contributed by atoms with Crippen LogP contribution in [0.15, 0.2) is 0 Å². The zero-order chi connectivity index (χ0) is 10.7. The van der Waals surface area contributed by atoms with E-state index in [1.165, 1.54) is 25.7 Å². The van der Waals surface area contributed by atoms with Gasteiger partial charge in [0.25, 0.3) is 0 Å². The molecule has 0 amide bonds. The molecular weight excluding hydrogens is 170 g/mol. The highest BCUT2D eigenvalue weighted by Crippen LogP contribution is 2.38. The Morgan fingerprint density at radius 3 is 2.14 bits per heavy atom. The van der Waals surface area contributed by atoms with Crippen LogP contribution in [-0.4, -0.2) is 6.04 Å². The van der Waals surface area contributed by atoms with Gasteiger partial charge in [-0.1, -0.05) is 40.5 Å². The van der Waals surface area contributed by atoms with Crippen molar-refractivity contribution in [3.05, 3.63) is 0 Å². The molecule has 1 rings (SSSR count). The molecule has 0 aromatic rings. The maximum Gasteiger partial charge on any atom is 0.00736 e. The summed E-state index contributed by atoms with van der Waals surface area (Å²) in [7, 11) is 0. The summed E-state index contributed by atoms with van der Waals surface area (Å²) in [5.41, 5.74) is 5.85. The van der Waals surface area contributed by atoms with Crippen molar-refractivity contribution in [1.82, 2.24) is 0 Å². The van der Waals surface area contributed by atoms with Gasteiger partial charge in [0, 0.05) is 6.04 Å².